The Kier molecular flexibility index (Phi) is 4.69. The maximum Gasteiger partial charge on any atom is 0.261 e. The predicted octanol–water partition coefficient (Wildman–Crippen LogP) is 1.83. The van der Waals surface area contributed by atoms with E-state index < -0.39 is 0 Å². The molecule has 2 aromatic rings. The van der Waals surface area contributed by atoms with E-state index in [0.29, 0.717) is 31.0 Å². The van der Waals surface area contributed by atoms with E-state index in [2.05, 4.69) is 21.9 Å². The molecule has 0 unspecified atom stereocenters. The number of benzene rings is 2. The smallest absolute Gasteiger partial charge is 0.261 e. The van der Waals surface area contributed by atoms with Gasteiger partial charge in [0.25, 0.3) is 11.8 Å². The summed E-state index contributed by atoms with van der Waals surface area (Å²) in [6.45, 7) is 6.08. The molecular weight excluding hydrogens is 370 g/mol. The molecule has 7 heteroatoms. The number of hydrogen-bond donors (Lipinski definition) is 0. The van der Waals surface area contributed by atoms with Crippen molar-refractivity contribution >= 4 is 11.8 Å². The molecule has 0 radical (unpaired) electrons. The third-order valence-corrected chi connectivity index (χ3v) is 5.83. The molecule has 0 atom stereocenters. The number of imide groups is 1. The number of rotatable bonds is 5. The molecule has 2 aromatic carbocycles. The van der Waals surface area contributed by atoms with Gasteiger partial charge < -0.3 is 9.47 Å². The van der Waals surface area contributed by atoms with Gasteiger partial charge in [-0.05, 0) is 29.8 Å². The van der Waals surface area contributed by atoms with Gasteiger partial charge in [0.2, 0.25) is 6.79 Å². The van der Waals surface area contributed by atoms with Gasteiger partial charge in [-0.1, -0.05) is 18.2 Å². The summed E-state index contributed by atoms with van der Waals surface area (Å²) >= 11 is 0. The van der Waals surface area contributed by atoms with E-state index in [1.807, 2.05) is 6.07 Å². The van der Waals surface area contributed by atoms with Crippen molar-refractivity contribution in [3.63, 3.8) is 0 Å². The van der Waals surface area contributed by atoms with Crippen LogP contribution in [-0.4, -0.2) is 72.6 Å². The van der Waals surface area contributed by atoms with Crippen LogP contribution in [0.2, 0.25) is 0 Å². The first-order valence-corrected chi connectivity index (χ1v) is 9.97. The highest BCUT2D eigenvalue weighted by molar-refractivity contribution is 6.21. The Bertz CT molecular complexity index is 918. The summed E-state index contributed by atoms with van der Waals surface area (Å²) in [6.07, 6.45) is 0. The largest absolute Gasteiger partial charge is 0.454 e. The van der Waals surface area contributed by atoms with Gasteiger partial charge in [0.15, 0.2) is 11.5 Å². The van der Waals surface area contributed by atoms with E-state index >= 15 is 0 Å². The number of carbonyl (C=O) groups is 2. The number of fused-ring (bicyclic) bond motifs is 2. The maximum absolute atomic E-state index is 12.5. The SMILES string of the molecule is O=C1c2ccccc2C(=O)N1CCN1CCN(Cc2ccc3c(c2)OCO3)CC1. The first-order chi connectivity index (χ1) is 14.2. The fraction of sp³-hybridized carbons (Fsp3) is 0.364. The van der Waals surface area contributed by atoms with Crippen LogP contribution in [0.15, 0.2) is 42.5 Å². The van der Waals surface area contributed by atoms with Crippen molar-refractivity contribution < 1.29 is 19.1 Å². The van der Waals surface area contributed by atoms with Gasteiger partial charge in [-0.3, -0.25) is 24.3 Å². The molecule has 0 N–H and O–H groups in total. The van der Waals surface area contributed by atoms with E-state index in [0.717, 1.165) is 44.2 Å². The minimum absolute atomic E-state index is 0.174. The molecule has 2 amide bonds. The summed E-state index contributed by atoms with van der Waals surface area (Å²) in [4.78, 5) is 31.1. The summed E-state index contributed by atoms with van der Waals surface area (Å²) < 4.78 is 10.8. The lowest BCUT2D eigenvalue weighted by molar-refractivity contribution is 0.0612. The third-order valence-electron chi connectivity index (χ3n) is 5.83. The second-order valence-electron chi connectivity index (χ2n) is 7.61. The number of hydrogen-bond acceptors (Lipinski definition) is 6. The quantitative estimate of drug-likeness (QED) is 0.723. The molecule has 29 heavy (non-hydrogen) atoms. The standard InChI is InChI=1S/C22H23N3O4/c26-21-17-3-1-2-4-18(17)22(27)25(21)12-11-23-7-9-24(10-8-23)14-16-5-6-19-20(13-16)29-15-28-19/h1-6,13H,7-12,14-15H2. The highest BCUT2D eigenvalue weighted by Gasteiger charge is 2.35. The van der Waals surface area contributed by atoms with Gasteiger partial charge in [-0.15, -0.1) is 0 Å². The van der Waals surface area contributed by atoms with E-state index in [9.17, 15) is 9.59 Å². The van der Waals surface area contributed by atoms with Crippen molar-refractivity contribution in [2.75, 3.05) is 46.1 Å². The van der Waals surface area contributed by atoms with Crippen molar-refractivity contribution in [3.05, 3.63) is 59.2 Å². The van der Waals surface area contributed by atoms with Crippen LogP contribution in [0.5, 0.6) is 11.5 Å². The highest BCUT2D eigenvalue weighted by Crippen LogP contribution is 2.32. The normalized spacial score (nSPS) is 19.1. The van der Waals surface area contributed by atoms with Crippen LogP contribution in [-0.2, 0) is 6.54 Å². The van der Waals surface area contributed by atoms with E-state index in [-0.39, 0.29) is 11.8 Å². The lowest BCUT2D eigenvalue weighted by Gasteiger charge is -2.35. The van der Waals surface area contributed by atoms with Crippen LogP contribution < -0.4 is 9.47 Å². The van der Waals surface area contributed by atoms with E-state index in [1.54, 1.807) is 24.3 Å². The molecule has 0 saturated carbocycles. The molecule has 0 spiro atoms. The minimum atomic E-state index is -0.174. The van der Waals surface area contributed by atoms with Gasteiger partial charge >= 0.3 is 0 Å². The molecular formula is C22H23N3O4. The van der Waals surface area contributed by atoms with Crippen LogP contribution >= 0.6 is 0 Å². The number of amides is 2. The zero-order valence-corrected chi connectivity index (χ0v) is 16.2. The molecule has 0 aliphatic carbocycles. The summed E-state index contributed by atoms with van der Waals surface area (Å²) in [7, 11) is 0. The van der Waals surface area contributed by atoms with Crippen LogP contribution in [0.25, 0.3) is 0 Å². The third kappa shape index (κ3) is 3.47. The van der Waals surface area contributed by atoms with Crippen molar-refractivity contribution in [1.82, 2.24) is 14.7 Å². The first kappa shape index (κ1) is 18.1. The molecule has 150 valence electrons. The van der Waals surface area contributed by atoms with Gasteiger partial charge in [0.05, 0.1) is 11.1 Å². The molecule has 1 saturated heterocycles. The Labute approximate surface area is 169 Å². The minimum Gasteiger partial charge on any atom is -0.454 e. The Morgan fingerprint density at radius 2 is 1.41 bits per heavy atom. The second-order valence-corrected chi connectivity index (χ2v) is 7.61. The highest BCUT2D eigenvalue weighted by atomic mass is 16.7. The van der Waals surface area contributed by atoms with Gasteiger partial charge in [-0.25, -0.2) is 0 Å². The zero-order chi connectivity index (χ0) is 19.8. The first-order valence-electron chi connectivity index (χ1n) is 9.97. The maximum atomic E-state index is 12.5. The fourth-order valence-corrected chi connectivity index (χ4v) is 4.15. The van der Waals surface area contributed by atoms with Crippen LogP contribution in [0, 0.1) is 0 Å². The topological polar surface area (TPSA) is 62.3 Å². The van der Waals surface area contributed by atoms with Crippen molar-refractivity contribution in [3.8, 4) is 11.5 Å². The molecule has 3 heterocycles. The summed E-state index contributed by atoms with van der Waals surface area (Å²) in [5.41, 5.74) is 2.26. The molecule has 3 aliphatic heterocycles. The second kappa shape index (κ2) is 7.50. The molecule has 5 rings (SSSR count). The number of ether oxygens (including phenoxy) is 2. The van der Waals surface area contributed by atoms with Gasteiger partial charge in [-0.2, -0.15) is 0 Å². The van der Waals surface area contributed by atoms with Crippen LogP contribution in [0.4, 0.5) is 0 Å². The molecule has 3 aliphatic rings. The Morgan fingerprint density at radius 3 is 2.14 bits per heavy atom. The molecule has 7 nitrogen and oxygen atoms in total. The van der Waals surface area contributed by atoms with Crippen LogP contribution in [0.1, 0.15) is 26.3 Å². The van der Waals surface area contributed by atoms with Crippen molar-refractivity contribution in [1.29, 1.82) is 0 Å². The Hall–Kier alpha value is -2.90. The summed E-state index contributed by atoms with van der Waals surface area (Å²) in [5, 5.41) is 0. The lowest BCUT2D eigenvalue weighted by atomic mass is 10.1. The predicted molar refractivity (Wildman–Crippen MR) is 106 cm³/mol. The Balaban J connectivity index is 1.11. The number of carbonyl (C=O) groups excluding carboxylic acids is 2. The lowest BCUT2D eigenvalue weighted by Crippen LogP contribution is -2.48. The van der Waals surface area contributed by atoms with Gasteiger partial charge in [0.1, 0.15) is 0 Å². The fourth-order valence-electron chi connectivity index (χ4n) is 4.15. The Morgan fingerprint density at radius 1 is 0.759 bits per heavy atom. The van der Waals surface area contributed by atoms with E-state index in [1.165, 1.54) is 10.5 Å². The molecule has 0 aromatic heterocycles. The molecule has 1 fully saturated rings. The zero-order valence-electron chi connectivity index (χ0n) is 16.2. The van der Waals surface area contributed by atoms with Crippen molar-refractivity contribution in [2.24, 2.45) is 0 Å². The molecule has 0 bridgehead atoms. The number of nitrogens with zero attached hydrogens (tertiary/aromatic N) is 3. The van der Waals surface area contributed by atoms with E-state index in [4.69, 9.17) is 9.47 Å². The summed E-state index contributed by atoms with van der Waals surface area (Å²) in [6, 6.07) is 13.2. The monoisotopic (exact) mass is 393 g/mol. The van der Waals surface area contributed by atoms with Gasteiger partial charge in [0, 0.05) is 45.8 Å². The summed E-state index contributed by atoms with van der Waals surface area (Å²) in [5.74, 6) is 1.29. The van der Waals surface area contributed by atoms with Crippen molar-refractivity contribution in [2.45, 2.75) is 6.54 Å². The average molecular weight is 393 g/mol. The average Bonchev–Trinajstić information content (AvgIpc) is 3.31. The van der Waals surface area contributed by atoms with Crippen LogP contribution in [0.3, 0.4) is 0 Å². The number of piperazine rings is 1.